The van der Waals surface area contributed by atoms with Crippen LogP contribution in [0.25, 0.3) is 0 Å². The van der Waals surface area contributed by atoms with E-state index in [1.807, 2.05) is 6.07 Å². The Morgan fingerprint density at radius 1 is 1.33 bits per heavy atom. The lowest BCUT2D eigenvalue weighted by Crippen LogP contribution is -2.15. The highest BCUT2D eigenvalue weighted by atomic mass is 35.5. The Bertz CT molecular complexity index is 614. The van der Waals surface area contributed by atoms with Crippen LogP contribution in [-0.2, 0) is 11.3 Å². The van der Waals surface area contributed by atoms with Gasteiger partial charge in [0.25, 0.3) is 0 Å². The van der Waals surface area contributed by atoms with Crippen LogP contribution >= 0.6 is 11.6 Å². The molecule has 0 unspecified atom stereocenters. The summed E-state index contributed by atoms with van der Waals surface area (Å²) in [4.78, 5) is 12.0. The average molecular weight is 310 g/mol. The summed E-state index contributed by atoms with van der Waals surface area (Å²) in [6.07, 6.45) is 3.77. The van der Waals surface area contributed by atoms with Crippen molar-refractivity contribution < 1.29 is 14.3 Å². The van der Waals surface area contributed by atoms with E-state index in [-0.39, 0.29) is 5.91 Å². The number of hydrogen-bond acceptors (Lipinski definition) is 4. The van der Waals surface area contributed by atoms with Crippen molar-refractivity contribution in [2.75, 3.05) is 19.5 Å². The number of benzene rings is 1. The second-order valence-corrected chi connectivity index (χ2v) is 4.66. The molecule has 7 heteroatoms. The molecule has 0 aliphatic carbocycles. The van der Waals surface area contributed by atoms with Gasteiger partial charge in [0.1, 0.15) is 11.5 Å². The van der Waals surface area contributed by atoms with Gasteiger partial charge < -0.3 is 14.8 Å². The highest BCUT2D eigenvalue weighted by molar-refractivity contribution is 6.32. The zero-order chi connectivity index (χ0) is 15.2. The van der Waals surface area contributed by atoms with Gasteiger partial charge in [-0.15, -0.1) is 0 Å². The molecular weight excluding hydrogens is 294 g/mol. The number of anilines is 1. The van der Waals surface area contributed by atoms with Gasteiger partial charge in [-0.05, 0) is 12.1 Å². The molecule has 1 aromatic carbocycles. The van der Waals surface area contributed by atoms with E-state index in [0.29, 0.717) is 35.2 Å². The molecule has 1 amide bonds. The third kappa shape index (κ3) is 3.88. The van der Waals surface area contributed by atoms with Gasteiger partial charge in [-0.1, -0.05) is 11.6 Å². The number of carbonyl (C=O) groups is 1. The molecule has 0 radical (unpaired) electrons. The van der Waals surface area contributed by atoms with Crippen molar-refractivity contribution in [2.24, 2.45) is 0 Å². The molecule has 6 nitrogen and oxygen atoms in total. The fourth-order valence-corrected chi connectivity index (χ4v) is 2.06. The monoisotopic (exact) mass is 309 g/mol. The van der Waals surface area contributed by atoms with Crippen LogP contribution in [0.2, 0.25) is 5.02 Å². The van der Waals surface area contributed by atoms with Crippen molar-refractivity contribution >= 4 is 23.2 Å². The van der Waals surface area contributed by atoms with E-state index in [1.165, 1.54) is 14.2 Å². The van der Waals surface area contributed by atoms with Gasteiger partial charge >= 0.3 is 0 Å². The van der Waals surface area contributed by atoms with E-state index in [4.69, 9.17) is 21.1 Å². The van der Waals surface area contributed by atoms with Crippen LogP contribution < -0.4 is 14.8 Å². The van der Waals surface area contributed by atoms with Crippen LogP contribution in [0, 0.1) is 0 Å². The SMILES string of the molecule is COc1cc(OC)c(NC(=O)CCn2cccn2)cc1Cl. The molecule has 112 valence electrons. The van der Waals surface area contributed by atoms with Crippen LogP contribution in [0.15, 0.2) is 30.6 Å². The van der Waals surface area contributed by atoms with Crippen LogP contribution in [0.5, 0.6) is 11.5 Å². The molecule has 0 saturated carbocycles. The molecule has 1 heterocycles. The number of nitrogens with zero attached hydrogens (tertiary/aromatic N) is 2. The summed E-state index contributed by atoms with van der Waals surface area (Å²) >= 11 is 6.05. The number of rotatable bonds is 6. The minimum absolute atomic E-state index is 0.148. The van der Waals surface area contributed by atoms with Crippen LogP contribution in [-0.4, -0.2) is 29.9 Å². The topological polar surface area (TPSA) is 65.4 Å². The number of ether oxygens (including phenoxy) is 2. The minimum Gasteiger partial charge on any atom is -0.495 e. The van der Waals surface area contributed by atoms with Gasteiger partial charge in [-0.2, -0.15) is 5.10 Å². The summed E-state index contributed by atoms with van der Waals surface area (Å²) in [7, 11) is 3.03. The molecule has 0 fully saturated rings. The smallest absolute Gasteiger partial charge is 0.226 e. The Hall–Kier alpha value is -2.21. The second-order valence-electron chi connectivity index (χ2n) is 4.25. The fourth-order valence-electron chi connectivity index (χ4n) is 1.82. The fraction of sp³-hybridized carbons (Fsp3) is 0.286. The summed E-state index contributed by atoms with van der Waals surface area (Å²) in [6.45, 7) is 0.505. The first-order valence-electron chi connectivity index (χ1n) is 6.33. The quantitative estimate of drug-likeness (QED) is 0.890. The first-order valence-corrected chi connectivity index (χ1v) is 6.70. The predicted octanol–water partition coefficient (Wildman–Crippen LogP) is 2.58. The Labute approximate surface area is 127 Å². The maximum absolute atomic E-state index is 12.0. The maximum Gasteiger partial charge on any atom is 0.226 e. The summed E-state index contributed by atoms with van der Waals surface area (Å²) < 4.78 is 12.0. The number of halogens is 1. The second kappa shape index (κ2) is 6.99. The van der Waals surface area contributed by atoms with Crippen molar-refractivity contribution in [2.45, 2.75) is 13.0 Å². The molecule has 2 rings (SSSR count). The van der Waals surface area contributed by atoms with Crippen molar-refractivity contribution in [1.82, 2.24) is 9.78 Å². The third-order valence-corrected chi connectivity index (χ3v) is 3.17. The number of carbonyl (C=O) groups excluding carboxylic acids is 1. The van der Waals surface area contributed by atoms with E-state index in [1.54, 1.807) is 29.2 Å². The molecule has 2 aromatic rings. The van der Waals surface area contributed by atoms with Crippen molar-refractivity contribution in [3.63, 3.8) is 0 Å². The standard InChI is InChI=1S/C14H16ClN3O3/c1-20-12-9-13(21-2)11(8-10(12)15)17-14(19)4-7-18-6-3-5-16-18/h3,5-6,8-9H,4,7H2,1-2H3,(H,17,19). The number of hydrogen-bond donors (Lipinski definition) is 1. The summed E-state index contributed by atoms with van der Waals surface area (Å²) in [6, 6.07) is 5.04. The number of methoxy groups -OCH3 is 2. The Kier molecular flexibility index (Phi) is 5.05. The van der Waals surface area contributed by atoms with E-state index < -0.39 is 0 Å². The van der Waals surface area contributed by atoms with Crippen molar-refractivity contribution in [1.29, 1.82) is 0 Å². The normalized spacial score (nSPS) is 10.2. The van der Waals surface area contributed by atoms with E-state index in [0.717, 1.165) is 0 Å². The largest absolute Gasteiger partial charge is 0.495 e. The van der Waals surface area contributed by atoms with Crippen molar-refractivity contribution in [3.8, 4) is 11.5 Å². The molecule has 0 aliphatic heterocycles. The highest BCUT2D eigenvalue weighted by Gasteiger charge is 2.12. The molecule has 1 N–H and O–H groups in total. The van der Waals surface area contributed by atoms with Gasteiger partial charge in [0, 0.05) is 31.4 Å². The van der Waals surface area contributed by atoms with E-state index in [2.05, 4.69) is 10.4 Å². The Morgan fingerprint density at radius 2 is 2.10 bits per heavy atom. The summed E-state index contributed by atoms with van der Waals surface area (Å²) in [5, 5.41) is 7.21. The molecule has 1 aromatic heterocycles. The first kappa shape index (κ1) is 15.2. The lowest BCUT2D eigenvalue weighted by atomic mass is 10.2. The molecule has 0 aliphatic rings. The summed E-state index contributed by atoms with van der Waals surface area (Å²) in [5.74, 6) is 0.830. The Morgan fingerprint density at radius 3 is 2.71 bits per heavy atom. The van der Waals surface area contributed by atoms with Crippen LogP contribution in [0.1, 0.15) is 6.42 Å². The van der Waals surface area contributed by atoms with Crippen LogP contribution in [0.4, 0.5) is 5.69 Å². The van der Waals surface area contributed by atoms with Gasteiger partial charge in [-0.3, -0.25) is 9.48 Å². The van der Waals surface area contributed by atoms with E-state index >= 15 is 0 Å². The summed E-state index contributed by atoms with van der Waals surface area (Å²) in [5.41, 5.74) is 0.508. The van der Waals surface area contributed by atoms with Gasteiger partial charge in [-0.25, -0.2) is 0 Å². The molecular formula is C14H16ClN3O3. The first-order chi connectivity index (χ1) is 10.1. The molecule has 0 bridgehead atoms. The van der Waals surface area contributed by atoms with Crippen molar-refractivity contribution in [3.05, 3.63) is 35.6 Å². The molecule has 21 heavy (non-hydrogen) atoms. The lowest BCUT2D eigenvalue weighted by Gasteiger charge is -2.13. The zero-order valence-electron chi connectivity index (χ0n) is 11.8. The zero-order valence-corrected chi connectivity index (χ0v) is 12.6. The number of aryl methyl sites for hydroxylation is 1. The number of amides is 1. The third-order valence-electron chi connectivity index (χ3n) is 2.88. The lowest BCUT2D eigenvalue weighted by molar-refractivity contribution is -0.116. The maximum atomic E-state index is 12.0. The minimum atomic E-state index is -0.148. The molecule has 0 saturated heterocycles. The average Bonchev–Trinajstić information content (AvgIpc) is 2.99. The molecule has 0 atom stereocenters. The van der Waals surface area contributed by atoms with Crippen LogP contribution in [0.3, 0.4) is 0 Å². The van der Waals surface area contributed by atoms with Gasteiger partial charge in [0.05, 0.1) is 24.9 Å². The number of aromatic nitrogens is 2. The van der Waals surface area contributed by atoms with Gasteiger partial charge in [0.2, 0.25) is 5.91 Å². The predicted molar refractivity (Wildman–Crippen MR) is 80.0 cm³/mol. The highest BCUT2D eigenvalue weighted by Crippen LogP contribution is 2.35. The van der Waals surface area contributed by atoms with E-state index in [9.17, 15) is 4.79 Å². The Balaban J connectivity index is 2.04. The van der Waals surface area contributed by atoms with Gasteiger partial charge in [0.15, 0.2) is 0 Å². The molecule has 0 spiro atoms. The number of nitrogens with one attached hydrogen (secondary N) is 1.